The summed E-state index contributed by atoms with van der Waals surface area (Å²) in [5.74, 6) is -2.57. The van der Waals surface area contributed by atoms with Crippen molar-refractivity contribution in [1.82, 2.24) is 5.32 Å². The van der Waals surface area contributed by atoms with E-state index >= 15 is 0 Å². The zero-order chi connectivity index (χ0) is 8.70. The van der Waals surface area contributed by atoms with Crippen molar-refractivity contribution >= 4 is 0 Å². The molecule has 1 fully saturated rings. The van der Waals surface area contributed by atoms with E-state index in [0.29, 0.717) is 6.54 Å². The minimum absolute atomic E-state index is 0.0261. The topological polar surface area (TPSA) is 12.0 Å². The largest absolute Gasteiger partial charge is 0.306 e. The third kappa shape index (κ3) is 1.15. The van der Waals surface area contributed by atoms with Gasteiger partial charge in [0.15, 0.2) is 0 Å². The van der Waals surface area contributed by atoms with E-state index < -0.39 is 11.5 Å². The SMILES string of the molecule is CC(C)C1(C)NCCC1(F)F. The van der Waals surface area contributed by atoms with Crippen LogP contribution in [0.2, 0.25) is 0 Å². The van der Waals surface area contributed by atoms with Crippen LogP contribution in [-0.2, 0) is 0 Å². The van der Waals surface area contributed by atoms with Crippen LogP contribution in [0.1, 0.15) is 27.2 Å². The zero-order valence-electron chi connectivity index (χ0n) is 7.25. The molecule has 0 aromatic carbocycles. The average Bonchev–Trinajstić information content (AvgIpc) is 2.09. The minimum atomic E-state index is -2.54. The van der Waals surface area contributed by atoms with Gasteiger partial charge in [0.2, 0.25) is 0 Å². The van der Waals surface area contributed by atoms with Gasteiger partial charge < -0.3 is 5.32 Å². The molecule has 1 N–H and O–H groups in total. The minimum Gasteiger partial charge on any atom is -0.306 e. The second-order valence-corrected chi connectivity index (χ2v) is 3.74. The molecule has 0 aromatic rings. The summed E-state index contributed by atoms with van der Waals surface area (Å²) in [5.41, 5.74) is -0.993. The summed E-state index contributed by atoms with van der Waals surface area (Å²) in [4.78, 5) is 0. The molecule has 11 heavy (non-hydrogen) atoms. The van der Waals surface area contributed by atoms with Gasteiger partial charge in [-0.1, -0.05) is 13.8 Å². The number of hydrogen-bond donors (Lipinski definition) is 1. The predicted octanol–water partition coefficient (Wildman–Crippen LogP) is 2.03. The molecule has 1 rings (SSSR count). The lowest BCUT2D eigenvalue weighted by molar-refractivity contribution is -0.0711. The van der Waals surface area contributed by atoms with Crippen LogP contribution in [-0.4, -0.2) is 18.0 Å². The maximum absolute atomic E-state index is 13.2. The van der Waals surface area contributed by atoms with Gasteiger partial charge in [0, 0.05) is 13.0 Å². The fraction of sp³-hybridized carbons (Fsp3) is 1.00. The van der Waals surface area contributed by atoms with Crippen LogP contribution in [0.4, 0.5) is 8.78 Å². The smallest absolute Gasteiger partial charge is 0.267 e. The first-order valence-corrected chi connectivity index (χ1v) is 4.03. The fourth-order valence-corrected chi connectivity index (χ4v) is 1.49. The monoisotopic (exact) mass is 163 g/mol. The van der Waals surface area contributed by atoms with Crippen LogP contribution in [0.25, 0.3) is 0 Å². The van der Waals surface area contributed by atoms with Gasteiger partial charge in [0.05, 0.1) is 5.54 Å². The van der Waals surface area contributed by atoms with Gasteiger partial charge >= 0.3 is 0 Å². The van der Waals surface area contributed by atoms with Crippen molar-refractivity contribution < 1.29 is 8.78 Å². The Labute approximate surface area is 66.2 Å². The Kier molecular flexibility index (Phi) is 1.95. The predicted molar refractivity (Wildman–Crippen MR) is 40.8 cm³/mol. The van der Waals surface area contributed by atoms with Crippen molar-refractivity contribution in [3.63, 3.8) is 0 Å². The highest BCUT2D eigenvalue weighted by atomic mass is 19.3. The van der Waals surface area contributed by atoms with Crippen LogP contribution in [0.15, 0.2) is 0 Å². The highest BCUT2D eigenvalue weighted by molar-refractivity contribution is 5.04. The van der Waals surface area contributed by atoms with Crippen LogP contribution in [0.3, 0.4) is 0 Å². The van der Waals surface area contributed by atoms with Gasteiger partial charge in [-0.2, -0.15) is 0 Å². The van der Waals surface area contributed by atoms with Crippen molar-refractivity contribution in [2.45, 2.75) is 38.7 Å². The van der Waals surface area contributed by atoms with E-state index in [1.807, 2.05) is 13.8 Å². The molecule has 1 aliphatic heterocycles. The molecule has 1 saturated heterocycles. The molecule has 1 heterocycles. The summed E-state index contributed by atoms with van der Waals surface area (Å²) in [6.45, 7) is 5.69. The van der Waals surface area contributed by atoms with Gasteiger partial charge in [0.1, 0.15) is 0 Å². The average molecular weight is 163 g/mol. The molecule has 0 bridgehead atoms. The number of rotatable bonds is 1. The quantitative estimate of drug-likeness (QED) is 0.623. The Morgan fingerprint density at radius 3 is 2.09 bits per heavy atom. The van der Waals surface area contributed by atoms with Crippen LogP contribution in [0, 0.1) is 5.92 Å². The first-order chi connectivity index (χ1) is 4.90. The Hall–Kier alpha value is -0.180. The number of hydrogen-bond acceptors (Lipinski definition) is 1. The molecule has 0 amide bonds. The van der Waals surface area contributed by atoms with E-state index in [2.05, 4.69) is 5.32 Å². The summed E-state index contributed by atoms with van der Waals surface area (Å²) in [6, 6.07) is 0. The van der Waals surface area contributed by atoms with Gasteiger partial charge in [-0.05, 0) is 12.8 Å². The third-order valence-corrected chi connectivity index (χ3v) is 2.85. The van der Waals surface area contributed by atoms with Crippen molar-refractivity contribution in [3.8, 4) is 0 Å². The molecular weight excluding hydrogens is 148 g/mol. The van der Waals surface area contributed by atoms with Crippen molar-refractivity contribution in [2.24, 2.45) is 5.92 Å². The summed E-state index contributed by atoms with van der Waals surface area (Å²) in [6.07, 6.45) is -0.0261. The van der Waals surface area contributed by atoms with Crippen molar-refractivity contribution in [1.29, 1.82) is 0 Å². The Bertz CT molecular complexity index is 156. The van der Waals surface area contributed by atoms with E-state index in [1.54, 1.807) is 6.92 Å². The summed E-state index contributed by atoms with van der Waals surface area (Å²) in [5, 5.41) is 2.87. The lowest BCUT2D eigenvalue weighted by Gasteiger charge is -2.34. The molecular formula is C8H15F2N. The molecule has 0 radical (unpaired) electrons. The Balaban J connectivity index is 2.84. The van der Waals surface area contributed by atoms with Gasteiger partial charge in [-0.25, -0.2) is 8.78 Å². The second-order valence-electron chi connectivity index (χ2n) is 3.74. The lowest BCUT2D eigenvalue weighted by atomic mass is 9.84. The van der Waals surface area contributed by atoms with E-state index in [4.69, 9.17) is 0 Å². The highest BCUT2D eigenvalue weighted by Gasteiger charge is 2.55. The Morgan fingerprint density at radius 2 is 1.91 bits per heavy atom. The Morgan fingerprint density at radius 1 is 1.36 bits per heavy atom. The number of nitrogens with one attached hydrogen (secondary N) is 1. The molecule has 0 spiro atoms. The van der Waals surface area contributed by atoms with E-state index in [-0.39, 0.29) is 12.3 Å². The van der Waals surface area contributed by atoms with Gasteiger partial charge in [0.25, 0.3) is 5.92 Å². The molecule has 1 unspecified atom stereocenters. The molecule has 0 aliphatic carbocycles. The number of alkyl halides is 2. The second kappa shape index (κ2) is 2.41. The maximum Gasteiger partial charge on any atom is 0.267 e. The first kappa shape index (κ1) is 8.91. The van der Waals surface area contributed by atoms with E-state index in [0.717, 1.165) is 0 Å². The van der Waals surface area contributed by atoms with Crippen molar-refractivity contribution in [3.05, 3.63) is 0 Å². The van der Waals surface area contributed by atoms with Crippen LogP contribution in [0.5, 0.6) is 0 Å². The normalized spacial score (nSPS) is 36.5. The lowest BCUT2D eigenvalue weighted by Crippen LogP contribution is -2.53. The molecule has 66 valence electrons. The third-order valence-electron chi connectivity index (χ3n) is 2.85. The van der Waals surface area contributed by atoms with Crippen LogP contribution < -0.4 is 5.32 Å². The number of halogens is 2. The van der Waals surface area contributed by atoms with Crippen molar-refractivity contribution in [2.75, 3.05) is 6.54 Å². The van der Waals surface area contributed by atoms with Gasteiger partial charge in [-0.15, -0.1) is 0 Å². The molecule has 0 saturated carbocycles. The first-order valence-electron chi connectivity index (χ1n) is 4.03. The van der Waals surface area contributed by atoms with Crippen LogP contribution >= 0.6 is 0 Å². The molecule has 1 nitrogen and oxygen atoms in total. The van der Waals surface area contributed by atoms with E-state index in [9.17, 15) is 8.78 Å². The maximum atomic E-state index is 13.2. The molecule has 3 heteroatoms. The summed E-state index contributed by atoms with van der Waals surface area (Å²) < 4.78 is 26.4. The fourth-order valence-electron chi connectivity index (χ4n) is 1.49. The zero-order valence-corrected chi connectivity index (χ0v) is 7.25. The summed E-state index contributed by atoms with van der Waals surface area (Å²) >= 11 is 0. The molecule has 1 atom stereocenters. The van der Waals surface area contributed by atoms with Gasteiger partial charge in [-0.3, -0.25) is 0 Å². The van der Waals surface area contributed by atoms with E-state index in [1.165, 1.54) is 0 Å². The standard InChI is InChI=1S/C8H15F2N/c1-6(2)7(3)8(9,10)4-5-11-7/h6,11H,4-5H2,1-3H3. The summed E-state index contributed by atoms with van der Waals surface area (Å²) in [7, 11) is 0. The molecule has 0 aromatic heterocycles. The highest BCUT2D eigenvalue weighted by Crippen LogP contribution is 2.40. The molecule has 1 aliphatic rings.